The topological polar surface area (TPSA) is 131 Å². The van der Waals surface area contributed by atoms with Crippen molar-refractivity contribution in [2.45, 2.75) is 25.9 Å². The number of anilines is 1. The molecule has 1 fully saturated rings. The maximum atomic E-state index is 12.0. The van der Waals surface area contributed by atoms with Gasteiger partial charge in [0.2, 0.25) is 5.60 Å². The van der Waals surface area contributed by atoms with Crippen LogP contribution in [0.5, 0.6) is 0 Å². The summed E-state index contributed by atoms with van der Waals surface area (Å²) in [6.45, 7) is 4.18. The Labute approximate surface area is 181 Å². The predicted octanol–water partition coefficient (Wildman–Crippen LogP) is 0.799. The van der Waals surface area contributed by atoms with Gasteiger partial charge in [0.25, 0.3) is 11.8 Å². The van der Waals surface area contributed by atoms with E-state index in [1.54, 1.807) is 44.6 Å². The third kappa shape index (κ3) is 5.71. The number of rotatable bonds is 4. The summed E-state index contributed by atoms with van der Waals surface area (Å²) in [5.41, 5.74) is 5.62. The van der Waals surface area contributed by atoms with E-state index in [0.717, 1.165) is 6.29 Å². The van der Waals surface area contributed by atoms with E-state index < -0.39 is 17.4 Å². The lowest BCUT2D eigenvalue weighted by Gasteiger charge is -2.13. The van der Waals surface area contributed by atoms with Gasteiger partial charge in [0, 0.05) is 38.5 Å². The minimum atomic E-state index is -1.64. The Morgan fingerprint density at radius 1 is 1.42 bits per heavy atom. The van der Waals surface area contributed by atoms with Crippen LogP contribution in [0.2, 0.25) is 0 Å². The molecule has 2 heterocycles. The first kappa shape index (κ1) is 23.6. The van der Waals surface area contributed by atoms with Gasteiger partial charge in [-0.25, -0.2) is 4.68 Å². The summed E-state index contributed by atoms with van der Waals surface area (Å²) in [5, 5.41) is 17.4. The molecule has 1 aromatic carbocycles. The van der Waals surface area contributed by atoms with E-state index in [-0.39, 0.29) is 18.0 Å². The highest BCUT2D eigenvalue weighted by molar-refractivity contribution is 5.96. The number of benzene rings is 1. The van der Waals surface area contributed by atoms with Crippen molar-refractivity contribution < 1.29 is 19.5 Å². The zero-order chi connectivity index (χ0) is 23.2. The molecule has 1 aromatic heterocycles. The highest BCUT2D eigenvalue weighted by Gasteiger charge is 2.42. The number of primary amides is 1. The second-order valence-corrected chi connectivity index (χ2v) is 7.47. The third-order valence-electron chi connectivity index (χ3n) is 4.52. The van der Waals surface area contributed by atoms with Gasteiger partial charge in [-0.15, -0.1) is 0 Å². The van der Waals surface area contributed by atoms with Crippen molar-refractivity contribution in [2.24, 2.45) is 11.7 Å². The normalized spacial score (nSPS) is 17.5. The second-order valence-electron chi connectivity index (χ2n) is 7.47. The maximum absolute atomic E-state index is 12.0. The Hall–Kier alpha value is -3.64. The first-order chi connectivity index (χ1) is 14.6. The Morgan fingerprint density at radius 2 is 2.10 bits per heavy atom. The lowest BCUT2D eigenvalue weighted by Crippen LogP contribution is -2.37. The standard InChI is InChI=1S/C18H19N5O3.C4H8O/c1-20-14-11-23(21-15(14)16(19)24)13-5-3-4-12(10-13)6-7-18(26)8-9-22(2)17(18)25;1-4(2)3-5/h3-5,10-11,20,26H,8-9H2,1-2H3,(H2,19,24);3-4H,1-2H3. The fourth-order valence-corrected chi connectivity index (χ4v) is 2.74. The molecule has 4 N–H and O–H groups in total. The van der Waals surface area contributed by atoms with Crippen LogP contribution in [0.1, 0.15) is 36.3 Å². The van der Waals surface area contributed by atoms with Crippen molar-refractivity contribution in [3.63, 3.8) is 0 Å². The van der Waals surface area contributed by atoms with Gasteiger partial charge in [-0.05, 0) is 18.2 Å². The van der Waals surface area contributed by atoms with Gasteiger partial charge < -0.3 is 25.9 Å². The lowest BCUT2D eigenvalue weighted by atomic mass is 10.0. The molecule has 1 atom stereocenters. The summed E-state index contributed by atoms with van der Waals surface area (Å²) < 4.78 is 1.51. The molecule has 31 heavy (non-hydrogen) atoms. The van der Waals surface area contributed by atoms with Crippen LogP contribution in [0, 0.1) is 17.8 Å². The number of aliphatic hydroxyl groups is 1. The summed E-state index contributed by atoms with van der Waals surface area (Å²) in [6.07, 6.45) is 2.84. The van der Waals surface area contributed by atoms with Crippen molar-refractivity contribution in [1.82, 2.24) is 14.7 Å². The number of hydrogen-bond acceptors (Lipinski definition) is 6. The van der Waals surface area contributed by atoms with Crippen molar-refractivity contribution in [3.8, 4) is 17.5 Å². The van der Waals surface area contributed by atoms with Gasteiger partial charge in [-0.3, -0.25) is 9.59 Å². The molecule has 1 saturated heterocycles. The molecule has 1 unspecified atom stereocenters. The molecule has 164 valence electrons. The average molecular weight is 425 g/mol. The van der Waals surface area contributed by atoms with Gasteiger partial charge in [0.15, 0.2) is 5.69 Å². The minimum absolute atomic E-state index is 0.137. The molecule has 1 aliphatic rings. The molecule has 9 heteroatoms. The van der Waals surface area contributed by atoms with Crippen LogP contribution in [-0.4, -0.2) is 64.1 Å². The van der Waals surface area contributed by atoms with Gasteiger partial charge in [0.1, 0.15) is 6.29 Å². The largest absolute Gasteiger partial charge is 0.385 e. The summed E-state index contributed by atoms with van der Waals surface area (Å²) in [5.74, 6) is 4.71. The number of aromatic nitrogens is 2. The molecule has 9 nitrogen and oxygen atoms in total. The highest BCUT2D eigenvalue weighted by atomic mass is 16.3. The number of likely N-dealkylation sites (tertiary alicyclic amines) is 1. The number of carbonyl (C=O) groups excluding carboxylic acids is 3. The summed E-state index contributed by atoms with van der Waals surface area (Å²) in [6, 6.07) is 7.08. The molecule has 0 radical (unpaired) electrons. The van der Waals surface area contributed by atoms with E-state index >= 15 is 0 Å². The van der Waals surface area contributed by atoms with Gasteiger partial charge >= 0.3 is 0 Å². The van der Waals surface area contributed by atoms with Crippen molar-refractivity contribution in [3.05, 3.63) is 41.7 Å². The van der Waals surface area contributed by atoms with Gasteiger partial charge in [0.05, 0.1) is 17.6 Å². The summed E-state index contributed by atoms with van der Waals surface area (Å²) >= 11 is 0. The molecule has 0 spiro atoms. The number of nitrogens with one attached hydrogen (secondary N) is 1. The first-order valence-electron chi connectivity index (χ1n) is 9.75. The van der Waals surface area contributed by atoms with E-state index in [2.05, 4.69) is 22.3 Å². The molecule has 0 saturated carbocycles. The minimum Gasteiger partial charge on any atom is -0.385 e. The number of nitrogens with zero attached hydrogens (tertiary/aromatic N) is 3. The van der Waals surface area contributed by atoms with Crippen LogP contribution in [0.4, 0.5) is 5.69 Å². The van der Waals surface area contributed by atoms with Crippen LogP contribution in [0.15, 0.2) is 30.5 Å². The number of likely N-dealkylation sites (N-methyl/N-ethyl adjacent to an activating group) is 1. The average Bonchev–Trinajstić information content (AvgIpc) is 3.31. The zero-order valence-corrected chi connectivity index (χ0v) is 18.0. The molecular formula is C22H27N5O4. The number of aldehydes is 1. The van der Waals surface area contributed by atoms with Crippen molar-refractivity contribution in [1.29, 1.82) is 0 Å². The monoisotopic (exact) mass is 425 g/mol. The molecule has 1 aliphatic heterocycles. The quantitative estimate of drug-likeness (QED) is 0.491. The Bertz CT molecular complexity index is 1030. The predicted molar refractivity (Wildman–Crippen MR) is 117 cm³/mol. The molecule has 2 aromatic rings. The van der Waals surface area contributed by atoms with E-state index in [1.165, 1.54) is 9.58 Å². The Balaban J connectivity index is 0.000000614. The third-order valence-corrected chi connectivity index (χ3v) is 4.52. The number of hydrogen-bond donors (Lipinski definition) is 3. The summed E-state index contributed by atoms with van der Waals surface area (Å²) in [4.78, 5) is 34.4. The Morgan fingerprint density at radius 3 is 2.58 bits per heavy atom. The van der Waals surface area contributed by atoms with E-state index in [9.17, 15) is 19.5 Å². The molecule has 2 amide bonds. The number of nitrogens with two attached hydrogens (primary N) is 1. The lowest BCUT2D eigenvalue weighted by molar-refractivity contribution is -0.137. The van der Waals surface area contributed by atoms with Crippen molar-refractivity contribution >= 4 is 23.8 Å². The smallest absolute Gasteiger partial charge is 0.271 e. The van der Waals surface area contributed by atoms with E-state index in [1.807, 2.05) is 13.8 Å². The fourth-order valence-electron chi connectivity index (χ4n) is 2.74. The van der Waals surface area contributed by atoms with Gasteiger partial charge in [-0.1, -0.05) is 31.8 Å². The number of carbonyl (C=O) groups is 3. The van der Waals surface area contributed by atoms with Crippen LogP contribution in [0.3, 0.4) is 0 Å². The summed E-state index contributed by atoms with van der Waals surface area (Å²) in [7, 11) is 3.31. The van der Waals surface area contributed by atoms with Crippen LogP contribution >= 0.6 is 0 Å². The van der Waals surface area contributed by atoms with E-state index in [0.29, 0.717) is 23.5 Å². The molecule has 3 rings (SSSR count). The number of amides is 2. The second kappa shape index (κ2) is 9.91. The molecule has 0 bridgehead atoms. The maximum Gasteiger partial charge on any atom is 0.271 e. The molecule has 0 aliphatic carbocycles. The first-order valence-corrected chi connectivity index (χ1v) is 9.75. The van der Waals surface area contributed by atoms with Crippen LogP contribution < -0.4 is 11.1 Å². The van der Waals surface area contributed by atoms with Gasteiger partial charge in [-0.2, -0.15) is 5.10 Å². The van der Waals surface area contributed by atoms with Crippen LogP contribution in [-0.2, 0) is 9.59 Å². The van der Waals surface area contributed by atoms with E-state index in [4.69, 9.17) is 5.73 Å². The van der Waals surface area contributed by atoms with Crippen LogP contribution in [0.25, 0.3) is 5.69 Å². The highest BCUT2D eigenvalue weighted by Crippen LogP contribution is 2.21. The molecular weight excluding hydrogens is 398 g/mol. The SMILES string of the molecule is CC(C)C=O.CNc1cn(-c2cccc(C#CC3(O)CCN(C)C3=O)c2)nc1C(N)=O. The Kier molecular flexibility index (Phi) is 7.56. The van der Waals surface area contributed by atoms with Crippen molar-refractivity contribution in [2.75, 3.05) is 26.0 Å². The zero-order valence-electron chi connectivity index (χ0n) is 18.0. The fraction of sp³-hybridized carbons (Fsp3) is 0.364.